The van der Waals surface area contributed by atoms with E-state index in [4.69, 9.17) is 0 Å². The first-order valence-corrected chi connectivity index (χ1v) is 7.80. The Balaban J connectivity index is 1.72. The van der Waals surface area contributed by atoms with Gasteiger partial charge < -0.3 is 10.6 Å². The van der Waals surface area contributed by atoms with Gasteiger partial charge in [0.05, 0.1) is 0 Å². The molecular formula is C15H28N2. The van der Waals surface area contributed by atoms with Crippen LogP contribution in [-0.2, 0) is 0 Å². The predicted molar refractivity (Wildman–Crippen MR) is 72.1 cm³/mol. The first-order valence-electron chi connectivity index (χ1n) is 7.80. The second-order valence-corrected chi connectivity index (χ2v) is 6.64. The van der Waals surface area contributed by atoms with Crippen LogP contribution in [0.15, 0.2) is 0 Å². The Bertz CT molecular complexity index is 264. The highest BCUT2D eigenvalue weighted by Gasteiger charge is 2.43. The molecule has 1 saturated carbocycles. The molecule has 3 fully saturated rings. The van der Waals surface area contributed by atoms with Gasteiger partial charge in [-0.25, -0.2) is 0 Å². The molecule has 6 atom stereocenters. The van der Waals surface area contributed by atoms with Crippen LogP contribution in [0, 0.1) is 11.8 Å². The molecule has 0 radical (unpaired) electrons. The average molecular weight is 236 g/mol. The Morgan fingerprint density at radius 1 is 0.824 bits per heavy atom. The maximum Gasteiger partial charge on any atom is 0.0254 e. The van der Waals surface area contributed by atoms with Crippen molar-refractivity contribution in [2.24, 2.45) is 11.8 Å². The third-order valence-corrected chi connectivity index (χ3v) is 5.57. The van der Waals surface area contributed by atoms with E-state index in [1.54, 1.807) is 0 Å². The summed E-state index contributed by atoms with van der Waals surface area (Å²) in [6.07, 6.45) is 9.97. The molecule has 1 aliphatic carbocycles. The van der Waals surface area contributed by atoms with E-state index >= 15 is 0 Å². The summed E-state index contributed by atoms with van der Waals surface area (Å²) in [5.41, 5.74) is 0. The number of rotatable bonds is 1. The Morgan fingerprint density at radius 2 is 1.41 bits per heavy atom. The summed E-state index contributed by atoms with van der Waals surface area (Å²) in [6.45, 7) is 4.69. The maximum atomic E-state index is 3.96. The number of nitrogens with one attached hydrogen (secondary N) is 2. The lowest BCUT2D eigenvalue weighted by atomic mass is 9.67. The van der Waals surface area contributed by atoms with Crippen LogP contribution in [0.4, 0.5) is 0 Å². The Morgan fingerprint density at radius 3 is 2.12 bits per heavy atom. The monoisotopic (exact) mass is 236 g/mol. The van der Waals surface area contributed by atoms with E-state index in [9.17, 15) is 0 Å². The number of fused-ring (bicyclic) bond motifs is 3. The average Bonchev–Trinajstić information content (AvgIpc) is 2.38. The van der Waals surface area contributed by atoms with Crippen LogP contribution in [0.3, 0.4) is 0 Å². The fourth-order valence-corrected chi connectivity index (χ4v) is 4.47. The van der Waals surface area contributed by atoms with Gasteiger partial charge in [0, 0.05) is 24.2 Å². The van der Waals surface area contributed by atoms with Crippen molar-refractivity contribution >= 4 is 0 Å². The summed E-state index contributed by atoms with van der Waals surface area (Å²) < 4.78 is 0. The third kappa shape index (κ3) is 2.26. The zero-order chi connectivity index (χ0) is 11.8. The minimum atomic E-state index is 0.735. The molecule has 2 nitrogen and oxygen atoms in total. The highest BCUT2D eigenvalue weighted by Crippen LogP contribution is 2.39. The molecule has 3 aliphatic rings. The van der Waals surface area contributed by atoms with Gasteiger partial charge in [-0.15, -0.1) is 0 Å². The molecule has 0 aromatic rings. The summed E-state index contributed by atoms with van der Waals surface area (Å²) in [4.78, 5) is 0. The molecule has 2 aliphatic heterocycles. The Labute approximate surface area is 106 Å². The summed E-state index contributed by atoms with van der Waals surface area (Å²) in [7, 11) is 0. The molecule has 98 valence electrons. The number of hydrogen-bond acceptors (Lipinski definition) is 2. The molecule has 2 saturated heterocycles. The SMILES string of the molecule is CC[C@@H]1CCC2CCC3CCC(C)NC3C2N1. The van der Waals surface area contributed by atoms with Gasteiger partial charge in [0.15, 0.2) is 0 Å². The first kappa shape index (κ1) is 12.0. The predicted octanol–water partition coefficient (Wildman–Crippen LogP) is 2.68. The summed E-state index contributed by atoms with van der Waals surface area (Å²) in [6, 6.07) is 3.06. The van der Waals surface area contributed by atoms with Gasteiger partial charge in [-0.05, 0) is 63.7 Å². The van der Waals surface area contributed by atoms with Crippen LogP contribution in [0.1, 0.15) is 58.8 Å². The highest BCUT2D eigenvalue weighted by molar-refractivity contribution is 5.02. The molecule has 0 aromatic carbocycles. The van der Waals surface area contributed by atoms with Crippen molar-refractivity contribution in [1.82, 2.24) is 10.6 Å². The lowest BCUT2D eigenvalue weighted by Gasteiger charge is -2.51. The molecule has 5 unspecified atom stereocenters. The lowest BCUT2D eigenvalue weighted by Crippen LogP contribution is -2.64. The molecule has 0 bridgehead atoms. The van der Waals surface area contributed by atoms with Crippen molar-refractivity contribution in [1.29, 1.82) is 0 Å². The van der Waals surface area contributed by atoms with Crippen LogP contribution in [0.5, 0.6) is 0 Å². The maximum absolute atomic E-state index is 3.96. The smallest absolute Gasteiger partial charge is 0.0254 e. The van der Waals surface area contributed by atoms with Gasteiger partial charge in [-0.3, -0.25) is 0 Å². The Kier molecular flexibility index (Phi) is 3.45. The summed E-state index contributed by atoms with van der Waals surface area (Å²) >= 11 is 0. The van der Waals surface area contributed by atoms with E-state index in [-0.39, 0.29) is 0 Å². The summed E-state index contributed by atoms with van der Waals surface area (Å²) in [5, 5.41) is 7.86. The largest absolute Gasteiger partial charge is 0.310 e. The van der Waals surface area contributed by atoms with Crippen molar-refractivity contribution in [2.75, 3.05) is 0 Å². The molecule has 2 N–H and O–H groups in total. The van der Waals surface area contributed by atoms with Gasteiger partial charge in [-0.1, -0.05) is 6.92 Å². The van der Waals surface area contributed by atoms with Crippen LogP contribution >= 0.6 is 0 Å². The minimum absolute atomic E-state index is 0.735. The third-order valence-electron chi connectivity index (χ3n) is 5.57. The second-order valence-electron chi connectivity index (χ2n) is 6.64. The van der Waals surface area contributed by atoms with Gasteiger partial charge in [-0.2, -0.15) is 0 Å². The van der Waals surface area contributed by atoms with Crippen molar-refractivity contribution in [3.05, 3.63) is 0 Å². The molecule has 17 heavy (non-hydrogen) atoms. The van der Waals surface area contributed by atoms with E-state index < -0.39 is 0 Å². The van der Waals surface area contributed by atoms with E-state index in [2.05, 4.69) is 24.5 Å². The molecule has 0 aromatic heterocycles. The van der Waals surface area contributed by atoms with Crippen molar-refractivity contribution in [2.45, 2.75) is 83.0 Å². The quantitative estimate of drug-likeness (QED) is 0.731. The van der Waals surface area contributed by atoms with Crippen molar-refractivity contribution in [3.8, 4) is 0 Å². The van der Waals surface area contributed by atoms with E-state index in [0.29, 0.717) is 0 Å². The van der Waals surface area contributed by atoms with Crippen LogP contribution in [0.2, 0.25) is 0 Å². The van der Waals surface area contributed by atoms with Crippen LogP contribution < -0.4 is 10.6 Å². The topological polar surface area (TPSA) is 24.1 Å². The number of piperidine rings is 2. The first-order chi connectivity index (χ1) is 8.28. The molecule has 2 heterocycles. The van der Waals surface area contributed by atoms with E-state index in [1.807, 2.05) is 0 Å². The van der Waals surface area contributed by atoms with Crippen LogP contribution in [0.25, 0.3) is 0 Å². The van der Waals surface area contributed by atoms with Crippen molar-refractivity contribution in [3.63, 3.8) is 0 Å². The lowest BCUT2D eigenvalue weighted by molar-refractivity contribution is 0.0662. The van der Waals surface area contributed by atoms with Gasteiger partial charge in [0.1, 0.15) is 0 Å². The highest BCUT2D eigenvalue weighted by atomic mass is 15.1. The van der Waals surface area contributed by atoms with Gasteiger partial charge in [0.2, 0.25) is 0 Å². The molecule has 0 amide bonds. The van der Waals surface area contributed by atoms with Gasteiger partial charge in [0.25, 0.3) is 0 Å². The number of hydrogen-bond donors (Lipinski definition) is 2. The molecule has 3 rings (SSSR count). The van der Waals surface area contributed by atoms with E-state index in [1.165, 1.54) is 44.9 Å². The Hall–Kier alpha value is -0.0800. The molecule has 2 heteroatoms. The van der Waals surface area contributed by atoms with E-state index in [0.717, 1.165) is 36.0 Å². The summed E-state index contributed by atoms with van der Waals surface area (Å²) in [5.74, 6) is 1.91. The van der Waals surface area contributed by atoms with Crippen molar-refractivity contribution < 1.29 is 0 Å². The fourth-order valence-electron chi connectivity index (χ4n) is 4.47. The molecule has 0 spiro atoms. The normalized spacial score (nSPS) is 50.5. The fraction of sp³-hybridized carbons (Fsp3) is 1.00. The zero-order valence-electron chi connectivity index (χ0n) is 11.4. The zero-order valence-corrected chi connectivity index (χ0v) is 11.4. The van der Waals surface area contributed by atoms with Crippen LogP contribution in [-0.4, -0.2) is 24.2 Å². The standard InChI is InChI=1S/C15H28N2/c1-3-13-9-8-12-7-6-11-5-4-10(2)16-14(11)15(12)17-13/h10-17H,3-9H2,1-2H3/t10?,11?,12?,13-,14?,15?/m1/s1. The minimum Gasteiger partial charge on any atom is -0.310 e. The second kappa shape index (κ2) is 4.89. The van der Waals surface area contributed by atoms with Gasteiger partial charge >= 0.3 is 0 Å². The molecular weight excluding hydrogens is 208 g/mol.